The highest BCUT2D eigenvalue weighted by Gasteiger charge is 2.33. The van der Waals surface area contributed by atoms with Gasteiger partial charge in [0.1, 0.15) is 11.4 Å². The van der Waals surface area contributed by atoms with E-state index in [-0.39, 0.29) is 17.7 Å². The summed E-state index contributed by atoms with van der Waals surface area (Å²) in [5, 5.41) is 3.08. The highest BCUT2D eigenvalue weighted by atomic mass is 16.5. The molecule has 0 saturated heterocycles. The van der Waals surface area contributed by atoms with Gasteiger partial charge in [0, 0.05) is 11.6 Å². The lowest BCUT2D eigenvalue weighted by atomic mass is 9.92. The molecule has 0 radical (unpaired) electrons. The van der Waals surface area contributed by atoms with Crippen molar-refractivity contribution >= 4 is 11.7 Å². The average Bonchev–Trinajstić information content (AvgIpc) is 2.46. The van der Waals surface area contributed by atoms with Crippen LogP contribution in [-0.4, -0.2) is 23.3 Å². The molecule has 4 heteroatoms. The molecule has 0 atom stereocenters. The van der Waals surface area contributed by atoms with E-state index in [2.05, 4.69) is 5.32 Å². The molecule has 1 aromatic carbocycles. The van der Waals surface area contributed by atoms with Crippen LogP contribution in [0.2, 0.25) is 0 Å². The second kappa shape index (κ2) is 5.75. The fourth-order valence-corrected chi connectivity index (χ4v) is 3.31. The van der Waals surface area contributed by atoms with Gasteiger partial charge in [0.15, 0.2) is 5.78 Å². The Labute approximate surface area is 131 Å². The minimum Gasteiger partial charge on any atom is -0.487 e. The lowest BCUT2D eigenvalue weighted by Crippen LogP contribution is -2.37. The molecule has 0 unspecified atom stereocenters. The maximum atomic E-state index is 12.4. The predicted octanol–water partition coefficient (Wildman–Crippen LogP) is 3.49. The molecular weight excluding hydrogens is 278 g/mol. The topological polar surface area (TPSA) is 55.4 Å². The van der Waals surface area contributed by atoms with E-state index in [9.17, 15) is 9.59 Å². The number of carbonyl (C=O) groups is 2. The summed E-state index contributed by atoms with van der Waals surface area (Å²) < 4.78 is 5.82. The van der Waals surface area contributed by atoms with Crippen LogP contribution in [0.5, 0.6) is 5.75 Å². The van der Waals surface area contributed by atoms with Crippen LogP contribution in [0.15, 0.2) is 18.2 Å². The number of ether oxygens (including phenoxy) is 1. The molecule has 4 nitrogen and oxygen atoms in total. The fourth-order valence-electron chi connectivity index (χ4n) is 3.31. The summed E-state index contributed by atoms with van der Waals surface area (Å²) >= 11 is 0. The van der Waals surface area contributed by atoms with Gasteiger partial charge in [0.2, 0.25) is 0 Å². The van der Waals surface area contributed by atoms with Crippen LogP contribution >= 0.6 is 0 Å². The van der Waals surface area contributed by atoms with Crippen LogP contribution in [-0.2, 0) is 0 Å². The monoisotopic (exact) mass is 301 g/mol. The van der Waals surface area contributed by atoms with Crippen LogP contribution in [0.3, 0.4) is 0 Å². The van der Waals surface area contributed by atoms with Crippen molar-refractivity contribution < 1.29 is 14.3 Å². The third-order valence-corrected chi connectivity index (χ3v) is 4.46. The van der Waals surface area contributed by atoms with Crippen LogP contribution < -0.4 is 10.1 Å². The summed E-state index contributed by atoms with van der Waals surface area (Å²) in [7, 11) is 0. The van der Waals surface area contributed by atoms with E-state index in [1.807, 2.05) is 13.8 Å². The lowest BCUT2D eigenvalue weighted by Gasteiger charge is -2.31. The van der Waals surface area contributed by atoms with Gasteiger partial charge in [0.05, 0.1) is 12.0 Å². The van der Waals surface area contributed by atoms with E-state index in [4.69, 9.17) is 4.74 Å². The smallest absolute Gasteiger partial charge is 0.251 e. The molecule has 0 bridgehead atoms. The van der Waals surface area contributed by atoms with Crippen molar-refractivity contribution in [2.45, 2.75) is 64.0 Å². The summed E-state index contributed by atoms with van der Waals surface area (Å²) in [4.78, 5) is 24.6. The zero-order valence-corrected chi connectivity index (χ0v) is 13.3. The standard InChI is InChI=1S/C18H23NO3/c1-18(2)11-15(20)14-10-12(8-9-16(14)22-18)17(21)19-13-6-4-3-5-7-13/h8-10,13H,3-7,11H2,1-2H3,(H,19,21). The van der Waals surface area contributed by atoms with Crippen LogP contribution in [0.1, 0.15) is 73.1 Å². The first-order valence-electron chi connectivity index (χ1n) is 8.12. The van der Waals surface area contributed by atoms with E-state index >= 15 is 0 Å². The number of amides is 1. The Hall–Kier alpha value is -1.84. The van der Waals surface area contributed by atoms with E-state index < -0.39 is 5.60 Å². The first-order valence-corrected chi connectivity index (χ1v) is 8.12. The molecule has 118 valence electrons. The van der Waals surface area contributed by atoms with E-state index in [1.165, 1.54) is 19.3 Å². The number of ketones is 1. The van der Waals surface area contributed by atoms with Crippen molar-refractivity contribution in [1.29, 1.82) is 0 Å². The normalized spacial score (nSPS) is 20.9. The SMILES string of the molecule is CC1(C)CC(=O)c2cc(C(=O)NC3CCCCC3)ccc2O1. The molecule has 0 spiro atoms. The molecule has 0 aromatic heterocycles. The summed E-state index contributed by atoms with van der Waals surface area (Å²) in [5.41, 5.74) is 0.590. The number of Topliss-reactive ketones (excluding diaryl/α,β-unsaturated/α-hetero) is 1. The molecule has 1 N–H and O–H groups in total. The number of hydrogen-bond donors (Lipinski definition) is 1. The molecule has 2 aliphatic rings. The summed E-state index contributed by atoms with van der Waals surface area (Å²) in [5.74, 6) is 0.529. The molecule has 1 amide bonds. The molecule has 1 fully saturated rings. The maximum absolute atomic E-state index is 12.4. The molecule has 1 aromatic rings. The summed E-state index contributed by atoms with van der Waals surface area (Å²) in [6, 6.07) is 5.42. The molecular formula is C18H23NO3. The third kappa shape index (κ3) is 3.16. The Balaban J connectivity index is 1.77. The van der Waals surface area contributed by atoms with Crippen molar-refractivity contribution in [1.82, 2.24) is 5.32 Å². The number of nitrogens with one attached hydrogen (secondary N) is 1. The van der Waals surface area contributed by atoms with Gasteiger partial charge in [0.25, 0.3) is 5.91 Å². The van der Waals surface area contributed by atoms with Gasteiger partial charge >= 0.3 is 0 Å². The first-order chi connectivity index (χ1) is 10.4. The van der Waals surface area contributed by atoms with Crippen molar-refractivity contribution in [2.24, 2.45) is 0 Å². The van der Waals surface area contributed by atoms with Crippen molar-refractivity contribution in [3.8, 4) is 5.75 Å². The summed E-state index contributed by atoms with van der Waals surface area (Å²) in [6.45, 7) is 3.80. The Morgan fingerprint density at radius 3 is 2.68 bits per heavy atom. The Morgan fingerprint density at radius 2 is 1.95 bits per heavy atom. The number of carbonyl (C=O) groups excluding carboxylic acids is 2. The predicted molar refractivity (Wildman–Crippen MR) is 84.4 cm³/mol. The van der Waals surface area contributed by atoms with Gasteiger partial charge in [-0.25, -0.2) is 0 Å². The van der Waals surface area contributed by atoms with Gasteiger partial charge in [-0.2, -0.15) is 0 Å². The largest absolute Gasteiger partial charge is 0.487 e. The number of benzene rings is 1. The van der Waals surface area contributed by atoms with E-state index in [1.54, 1.807) is 18.2 Å². The highest BCUT2D eigenvalue weighted by Crippen LogP contribution is 2.33. The van der Waals surface area contributed by atoms with Gasteiger partial charge < -0.3 is 10.1 Å². The Morgan fingerprint density at radius 1 is 1.23 bits per heavy atom. The van der Waals surface area contributed by atoms with Gasteiger partial charge in [-0.15, -0.1) is 0 Å². The Bertz CT molecular complexity index is 600. The van der Waals surface area contributed by atoms with E-state index in [0.29, 0.717) is 23.3 Å². The quantitative estimate of drug-likeness (QED) is 0.909. The molecule has 1 saturated carbocycles. The van der Waals surface area contributed by atoms with Crippen molar-refractivity contribution in [2.75, 3.05) is 0 Å². The zero-order chi connectivity index (χ0) is 15.7. The third-order valence-electron chi connectivity index (χ3n) is 4.46. The number of hydrogen-bond acceptors (Lipinski definition) is 3. The van der Waals surface area contributed by atoms with Gasteiger partial charge in [-0.05, 0) is 44.9 Å². The molecule has 1 aliphatic carbocycles. The second-order valence-electron chi connectivity index (χ2n) is 6.98. The highest BCUT2D eigenvalue weighted by molar-refractivity contribution is 6.03. The van der Waals surface area contributed by atoms with Gasteiger partial charge in [-0.1, -0.05) is 19.3 Å². The van der Waals surface area contributed by atoms with Gasteiger partial charge in [-0.3, -0.25) is 9.59 Å². The minimum atomic E-state index is -0.476. The average molecular weight is 301 g/mol. The Kier molecular flexibility index (Phi) is 3.94. The fraction of sp³-hybridized carbons (Fsp3) is 0.556. The van der Waals surface area contributed by atoms with Crippen LogP contribution in [0, 0.1) is 0 Å². The molecule has 1 heterocycles. The molecule has 3 rings (SSSR count). The van der Waals surface area contributed by atoms with Crippen LogP contribution in [0.25, 0.3) is 0 Å². The molecule has 1 aliphatic heterocycles. The minimum absolute atomic E-state index is 0.0403. The van der Waals surface area contributed by atoms with Crippen molar-refractivity contribution in [3.05, 3.63) is 29.3 Å². The number of rotatable bonds is 2. The van der Waals surface area contributed by atoms with E-state index in [0.717, 1.165) is 12.8 Å². The summed E-state index contributed by atoms with van der Waals surface area (Å²) in [6.07, 6.45) is 6.05. The molecule has 22 heavy (non-hydrogen) atoms. The number of fused-ring (bicyclic) bond motifs is 1. The first kappa shape index (κ1) is 15.1. The zero-order valence-electron chi connectivity index (χ0n) is 13.3. The maximum Gasteiger partial charge on any atom is 0.251 e. The van der Waals surface area contributed by atoms with Crippen molar-refractivity contribution in [3.63, 3.8) is 0 Å². The second-order valence-corrected chi connectivity index (χ2v) is 6.98. The lowest BCUT2D eigenvalue weighted by molar-refractivity contribution is 0.0620. The van der Waals surface area contributed by atoms with Crippen LogP contribution in [0.4, 0.5) is 0 Å².